The van der Waals surface area contributed by atoms with Crippen LogP contribution in [0.2, 0.25) is 0 Å². The molecule has 2 nitrogen and oxygen atoms in total. The van der Waals surface area contributed by atoms with Gasteiger partial charge in [-0.2, -0.15) is 0 Å². The van der Waals surface area contributed by atoms with E-state index in [0.29, 0.717) is 5.75 Å². The number of hydrogen-bond donors (Lipinski definition) is 1. The summed E-state index contributed by atoms with van der Waals surface area (Å²) < 4.78 is 5.22. The van der Waals surface area contributed by atoms with Crippen LogP contribution in [0.25, 0.3) is 0 Å². The molecule has 1 unspecified atom stereocenters. The fraction of sp³-hybridized carbons (Fsp3) is 0.429. The molecule has 0 aliphatic heterocycles. The first-order valence-electron chi connectivity index (χ1n) is 8.12. The summed E-state index contributed by atoms with van der Waals surface area (Å²) in [6.07, 6.45) is 9.58. The smallest absolute Gasteiger partial charge is 0.160 e. The highest BCUT2D eigenvalue weighted by molar-refractivity contribution is 5.45. The van der Waals surface area contributed by atoms with Crippen molar-refractivity contribution in [3.05, 3.63) is 59.7 Å². The van der Waals surface area contributed by atoms with E-state index in [9.17, 15) is 5.11 Å². The second-order valence-electron chi connectivity index (χ2n) is 6.58. The molecule has 0 saturated heterocycles. The van der Waals surface area contributed by atoms with Crippen LogP contribution < -0.4 is 4.74 Å². The zero-order valence-electron chi connectivity index (χ0n) is 15.1. The lowest BCUT2D eigenvalue weighted by Gasteiger charge is -2.26. The number of ether oxygens (including phenoxy) is 1. The molecule has 0 saturated carbocycles. The van der Waals surface area contributed by atoms with Gasteiger partial charge in [0.05, 0.1) is 7.11 Å². The summed E-state index contributed by atoms with van der Waals surface area (Å²) in [7, 11) is 1.57. The van der Waals surface area contributed by atoms with Crippen LogP contribution in [0.4, 0.5) is 0 Å². The maximum absolute atomic E-state index is 9.77. The number of methoxy groups -OCH3 is 1. The van der Waals surface area contributed by atoms with Crippen molar-refractivity contribution in [2.75, 3.05) is 7.11 Å². The van der Waals surface area contributed by atoms with Crippen LogP contribution in [0.15, 0.2) is 54.2 Å². The number of benzene rings is 1. The van der Waals surface area contributed by atoms with Crippen LogP contribution >= 0.6 is 0 Å². The fourth-order valence-electron chi connectivity index (χ4n) is 2.43. The van der Waals surface area contributed by atoms with Gasteiger partial charge in [-0.05, 0) is 57.7 Å². The molecule has 0 radical (unpaired) electrons. The van der Waals surface area contributed by atoms with E-state index in [0.717, 1.165) is 24.8 Å². The van der Waals surface area contributed by atoms with Crippen molar-refractivity contribution in [1.82, 2.24) is 0 Å². The third-order valence-electron chi connectivity index (χ3n) is 4.26. The lowest BCUT2D eigenvalue weighted by molar-refractivity contribution is 0.372. The largest absolute Gasteiger partial charge is 0.504 e. The third-order valence-corrected chi connectivity index (χ3v) is 4.26. The number of aromatic hydroxyl groups is 1. The molecule has 126 valence electrons. The fourth-order valence-corrected chi connectivity index (χ4v) is 2.43. The van der Waals surface area contributed by atoms with Crippen LogP contribution in [-0.4, -0.2) is 12.2 Å². The maximum Gasteiger partial charge on any atom is 0.160 e. The van der Waals surface area contributed by atoms with Gasteiger partial charge in [0.1, 0.15) is 0 Å². The minimum atomic E-state index is -0.182. The number of phenolic OH excluding ortho intramolecular Hbond substituents is 1. The van der Waals surface area contributed by atoms with Crippen LogP contribution in [0, 0.1) is 0 Å². The molecule has 1 rings (SSSR count). The molecule has 0 aromatic heterocycles. The molecular weight excluding hydrogens is 284 g/mol. The first kappa shape index (κ1) is 19.1. The quantitative estimate of drug-likeness (QED) is 0.603. The van der Waals surface area contributed by atoms with Crippen molar-refractivity contribution in [1.29, 1.82) is 0 Å². The molecule has 0 bridgehead atoms. The molecule has 1 aromatic rings. The molecule has 1 N–H and O–H groups in total. The SMILES string of the molecule is C=CC(C)(C/C=C(\C)CCC=C(C)C)c1ccc(O)c(OC)c1. The van der Waals surface area contributed by atoms with Gasteiger partial charge in [0.15, 0.2) is 11.5 Å². The van der Waals surface area contributed by atoms with Gasteiger partial charge in [-0.15, -0.1) is 6.58 Å². The Morgan fingerprint density at radius 2 is 1.96 bits per heavy atom. The minimum absolute atomic E-state index is 0.163. The lowest BCUT2D eigenvalue weighted by Crippen LogP contribution is -2.17. The van der Waals surface area contributed by atoms with E-state index in [4.69, 9.17) is 4.74 Å². The van der Waals surface area contributed by atoms with Crippen molar-refractivity contribution in [2.45, 2.75) is 52.4 Å². The Kier molecular flexibility index (Phi) is 7.15. The molecule has 1 atom stereocenters. The number of phenols is 1. The van der Waals surface area contributed by atoms with Gasteiger partial charge < -0.3 is 9.84 Å². The topological polar surface area (TPSA) is 29.5 Å². The van der Waals surface area contributed by atoms with Gasteiger partial charge in [0.25, 0.3) is 0 Å². The zero-order chi connectivity index (χ0) is 17.5. The zero-order valence-corrected chi connectivity index (χ0v) is 15.1. The van der Waals surface area contributed by atoms with E-state index < -0.39 is 0 Å². The summed E-state index contributed by atoms with van der Waals surface area (Å²) in [6.45, 7) is 12.6. The Morgan fingerprint density at radius 3 is 2.52 bits per heavy atom. The standard InChI is InChI=1S/C21H30O2/c1-7-21(5,14-13-17(4)10-8-9-16(2)3)18-11-12-19(22)20(15-18)23-6/h7,9,11-13,15,22H,1,8,10,14H2,2-6H3/b17-13+. The number of hydrogen-bond acceptors (Lipinski definition) is 2. The van der Waals surface area contributed by atoms with Crippen molar-refractivity contribution < 1.29 is 9.84 Å². The van der Waals surface area contributed by atoms with Gasteiger partial charge in [0.2, 0.25) is 0 Å². The third kappa shape index (κ3) is 5.63. The summed E-state index contributed by atoms with van der Waals surface area (Å²) in [4.78, 5) is 0. The van der Waals surface area contributed by atoms with E-state index in [1.54, 1.807) is 13.2 Å². The van der Waals surface area contributed by atoms with Crippen molar-refractivity contribution in [2.24, 2.45) is 0 Å². The second-order valence-corrected chi connectivity index (χ2v) is 6.58. The van der Waals surface area contributed by atoms with Crippen molar-refractivity contribution >= 4 is 0 Å². The summed E-state index contributed by atoms with van der Waals surface area (Å²) in [6, 6.07) is 5.51. The molecule has 0 amide bonds. The Bertz CT molecular complexity index is 592. The molecule has 0 heterocycles. The molecule has 23 heavy (non-hydrogen) atoms. The second kappa shape index (κ2) is 8.61. The van der Waals surface area contributed by atoms with Crippen LogP contribution in [-0.2, 0) is 5.41 Å². The van der Waals surface area contributed by atoms with Crippen LogP contribution in [0.5, 0.6) is 11.5 Å². The van der Waals surface area contributed by atoms with E-state index >= 15 is 0 Å². The molecule has 0 aliphatic carbocycles. The number of allylic oxidation sites excluding steroid dienone is 5. The average molecular weight is 314 g/mol. The predicted octanol–water partition coefficient (Wildman–Crippen LogP) is 5.93. The van der Waals surface area contributed by atoms with Gasteiger partial charge >= 0.3 is 0 Å². The lowest BCUT2D eigenvalue weighted by atomic mass is 9.79. The first-order chi connectivity index (χ1) is 10.8. The molecular formula is C21H30O2. The van der Waals surface area contributed by atoms with E-state index in [2.05, 4.69) is 46.4 Å². The summed E-state index contributed by atoms with van der Waals surface area (Å²) in [5, 5.41) is 9.77. The Hall–Kier alpha value is -1.96. The Labute approximate surface area is 141 Å². The summed E-state index contributed by atoms with van der Waals surface area (Å²) in [5.41, 5.74) is 3.67. The highest BCUT2D eigenvalue weighted by Gasteiger charge is 2.23. The van der Waals surface area contributed by atoms with Gasteiger partial charge in [-0.1, -0.05) is 42.4 Å². The molecule has 0 spiro atoms. The Morgan fingerprint density at radius 1 is 1.26 bits per heavy atom. The van der Waals surface area contributed by atoms with Crippen LogP contribution in [0.3, 0.4) is 0 Å². The molecule has 2 heteroatoms. The summed E-state index contributed by atoms with van der Waals surface area (Å²) >= 11 is 0. The van der Waals surface area contributed by atoms with Gasteiger partial charge in [-0.3, -0.25) is 0 Å². The summed E-state index contributed by atoms with van der Waals surface area (Å²) in [5.74, 6) is 0.663. The number of rotatable bonds is 8. The molecule has 1 aromatic carbocycles. The van der Waals surface area contributed by atoms with E-state index in [-0.39, 0.29) is 11.2 Å². The first-order valence-corrected chi connectivity index (χ1v) is 8.12. The Balaban J connectivity index is 2.89. The van der Waals surface area contributed by atoms with Gasteiger partial charge in [-0.25, -0.2) is 0 Å². The molecule has 0 aliphatic rings. The van der Waals surface area contributed by atoms with Crippen molar-refractivity contribution in [3.8, 4) is 11.5 Å². The normalized spacial score (nSPS) is 14.0. The molecule has 0 fully saturated rings. The predicted molar refractivity (Wildman–Crippen MR) is 99.2 cm³/mol. The van der Waals surface area contributed by atoms with Crippen molar-refractivity contribution in [3.63, 3.8) is 0 Å². The highest BCUT2D eigenvalue weighted by Crippen LogP contribution is 2.35. The highest BCUT2D eigenvalue weighted by atomic mass is 16.5. The monoisotopic (exact) mass is 314 g/mol. The van der Waals surface area contributed by atoms with Crippen LogP contribution in [0.1, 0.15) is 52.5 Å². The van der Waals surface area contributed by atoms with E-state index in [1.807, 2.05) is 18.2 Å². The van der Waals surface area contributed by atoms with Gasteiger partial charge in [0, 0.05) is 5.41 Å². The maximum atomic E-state index is 9.77. The average Bonchev–Trinajstić information content (AvgIpc) is 2.52. The van der Waals surface area contributed by atoms with E-state index in [1.165, 1.54) is 11.1 Å². The minimum Gasteiger partial charge on any atom is -0.504 e.